The van der Waals surface area contributed by atoms with Crippen molar-refractivity contribution in [2.45, 2.75) is 0 Å². The van der Waals surface area contributed by atoms with Crippen LogP contribution in [0.15, 0.2) is 24.5 Å². The summed E-state index contributed by atoms with van der Waals surface area (Å²) in [4.78, 5) is 10.4. The number of aromatic nitrogens is 1. The average Bonchev–Trinajstić information content (AvgIpc) is 2.00. The second-order valence-corrected chi connectivity index (χ2v) is 4.02. The van der Waals surface area contributed by atoms with E-state index in [9.17, 15) is 18.4 Å². The lowest BCUT2D eigenvalue weighted by molar-refractivity contribution is -0.605. The largest absolute Gasteiger partial charge is 0.619 e. The number of pyridine rings is 1. The van der Waals surface area contributed by atoms with Gasteiger partial charge >= 0.3 is 0 Å². The zero-order valence-electron chi connectivity index (χ0n) is 7.82. The fraction of sp³-hybridized carbons (Fsp3) is 0.143. The monoisotopic (exact) mass is 234 g/mol. The van der Waals surface area contributed by atoms with Crippen molar-refractivity contribution < 1.29 is 22.5 Å². The molecule has 0 radical (unpaired) electrons. The zero-order chi connectivity index (χ0) is 12.1. The molecule has 0 saturated carbocycles. The second-order valence-electron chi connectivity index (χ2n) is 2.55. The quantitative estimate of drug-likeness (QED) is 0.363. The summed E-state index contributed by atoms with van der Waals surface area (Å²) in [5.74, 6) is -0.592. The molecule has 0 aliphatic rings. The van der Waals surface area contributed by atoms with Gasteiger partial charge < -0.3 is 10.9 Å². The van der Waals surface area contributed by atoms with E-state index in [0.29, 0.717) is 11.0 Å². The Morgan fingerprint density at radius 2 is 2.07 bits per heavy atom. The molecule has 84 valence electrons. The predicted octanol–water partition coefficient (Wildman–Crippen LogP) is -1.08. The highest BCUT2D eigenvalue weighted by Crippen LogP contribution is 1.90. The smallest absolute Gasteiger partial charge is 0.261 e. The van der Waals surface area contributed by atoms with Crippen LogP contribution in [0.1, 0.15) is 10.4 Å². The standard InChI is InChI=1S/C6H6N2O2.CH4O3S/c7-6(9)5-2-1-3-8(10)4-5;1-5(2,3)4/h1-4H,(H2,7,9);1H3,(H,2,3,4). The van der Waals surface area contributed by atoms with Crippen molar-refractivity contribution in [2.24, 2.45) is 5.73 Å². The molecule has 8 heteroatoms. The molecule has 0 aliphatic heterocycles. The summed E-state index contributed by atoms with van der Waals surface area (Å²) in [6, 6.07) is 2.95. The van der Waals surface area contributed by atoms with Gasteiger partial charge in [-0.2, -0.15) is 13.1 Å². The van der Waals surface area contributed by atoms with E-state index < -0.39 is 16.0 Å². The molecule has 1 aromatic heterocycles. The van der Waals surface area contributed by atoms with Crippen LogP contribution in [0.2, 0.25) is 0 Å². The van der Waals surface area contributed by atoms with E-state index in [4.69, 9.17) is 10.3 Å². The minimum atomic E-state index is -3.67. The Morgan fingerprint density at radius 3 is 2.33 bits per heavy atom. The van der Waals surface area contributed by atoms with E-state index in [-0.39, 0.29) is 5.56 Å². The van der Waals surface area contributed by atoms with Crippen LogP contribution in [0.25, 0.3) is 0 Å². The molecule has 0 fully saturated rings. The lowest BCUT2D eigenvalue weighted by Crippen LogP contribution is -2.27. The number of nitrogens with two attached hydrogens (primary N) is 1. The summed E-state index contributed by atoms with van der Waals surface area (Å²) in [5, 5.41) is 10.5. The maximum absolute atomic E-state index is 10.5. The van der Waals surface area contributed by atoms with Gasteiger partial charge in [0.15, 0.2) is 12.4 Å². The summed E-state index contributed by atoms with van der Waals surface area (Å²) < 4.78 is 26.4. The van der Waals surface area contributed by atoms with E-state index in [1.54, 1.807) is 0 Å². The van der Waals surface area contributed by atoms with E-state index >= 15 is 0 Å². The predicted molar refractivity (Wildman–Crippen MR) is 51.4 cm³/mol. The van der Waals surface area contributed by atoms with Gasteiger partial charge in [0.1, 0.15) is 5.56 Å². The Hall–Kier alpha value is -1.67. The maximum Gasteiger partial charge on any atom is 0.261 e. The Labute approximate surface area is 86.5 Å². The normalized spacial score (nSPS) is 10.0. The summed E-state index contributed by atoms with van der Waals surface area (Å²) in [5.41, 5.74) is 5.11. The molecule has 1 amide bonds. The number of amides is 1. The Bertz CT molecular complexity index is 434. The van der Waals surface area contributed by atoms with E-state index in [2.05, 4.69) is 0 Å². The highest BCUT2D eigenvalue weighted by molar-refractivity contribution is 7.85. The fourth-order valence-corrected chi connectivity index (χ4v) is 0.600. The first kappa shape index (κ1) is 13.3. The molecule has 0 atom stereocenters. The summed E-state index contributed by atoms with van der Waals surface area (Å²) in [6.45, 7) is 0. The molecule has 7 nitrogen and oxygen atoms in total. The SMILES string of the molecule is CS(=O)(=O)O.NC(=O)c1ccc[n+]([O-])c1. The van der Waals surface area contributed by atoms with Crippen LogP contribution in [-0.4, -0.2) is 25.1 Å². The Balaban J connectivity index is 0.000000336. The maximum atomic E-state index is 10.5. The van der Waals surface area contributed by atoms with Gasteiger partial charge in [0, 0.05) is 6.07 Å². The fourth-order valence-electron chi connectivity index (χ4n) is 0.600. The van der Waals surface area contributed by atoms with Crippen molar-refractivity contribution in [3.05, 3.63) is 35.3 Å². The Kier molecular flexibility index (Phi) is 4.68. The van der Waals surface area contributed by atoms with Crippen LogP contribution in [0.4, 0.5) is 0 Å². The summed E-state index contributed by atoms with van der Waals surface area (Å²) in [7, 11) is -3.67. The Morgan fingerprint density at radius 1 is 1.60 bits per heavy atom. The topological polar surface area (TPSA) is 124 Å². The second kappa shape index (κ2) is 5.27. The van der Waals surface area contributed by atoms with E-state index in [0.717, 1.165) is 6.20 Å². The number of primary amides is 1. The lowest BCUT2D eigenvalue weighted by atomic mass is 10.3. The molecule has 1 aromatic rings. The van der Waals surface area contributed by atoms with Gasteiger partial charge in [0.25, 0.3) is 16.0 Å². The van der Waals surface area contributed by atoms with E-state index in [1.165, 1.54) is 18.3 Å². The first-order valence-corrected chi connectivity index (χ1v) is 5.46. The highest BCUT2D eigenvalue weighted by Gasteiger charge is 2.01. The third kappa shape index (κ3) is 8.65. The number of carbonyl (C=O) groups is 1. The molecular weight excluding hydrogens is 224 g/mol. The number of carbonyl (C=O) groups excluding carboxylic acids is 1. The van der Waals surface area contributed by atoms with Crippen molar-refractivity contribution in [1.29, 1.82) is 0 Å². The number of rotatable bonds is 1. The van der Waals surface area contributed by atoms with Gasteiger partial charge in [-0.15, -0.1) is 0 Å². The van der Waals surface area contributed by atoms with Crippen molar-refractivity contribution in [3.8, 4) is 0 Å². The minimum Gasteiger partial charge on any atom is -0.619 e. The van der Waals surface area contributed by atoms with Gasteiger partial charge in [-0.05, 0) is 6.07 Å². The molecule has 0 bridgehead atoms. The average molecular weight is 234 g/mol. The van der Waals surface area contributed by atoms with Crippen LogP contribution in [0.5, 0.6) is 0 Å². The van der Waals surface area contributed by atoms with Gasteiger partial charge in [-0.25, -0.2) is 0 Å². The van der Waals surface area contributed by atoms with Crippen molar-refractivity contribution in [3.63, 3.8) is 0 Å². The molecule has 1 rings (SSSR count). The van der Waals surface area contributed by atoms with Crippen molar-refractivity contribution in [1.82, 2.24) is 0 Å². The summed E-state index contributed by atoms with van der Waals surface area (Å²) >= 11 is 0. The van der Waals surface area contributed by atoms with Crippen molar-refractivity contribution in [2.75, 3.05) is 6.26 Å². The molecule has 0 saturated heterocycles. The third-order valence-corrected chi connectivity index (χ3v) is 1.06. The van der Waals surface area contributed by atoms with Gasteiger partial charge in [-0.3, -0.25) is 9.35 Å². The van der Waals surface area contributed by atoms with E-state index in [1.807, 2.05) is 0 Å². The molecule has 3 N–H and O–H groups in total. The van der Waals surface area contributed by atoms with Crippen LogP contribution in [0.3, 0.4) is 0 Å². The number of hydrogen-bond donors (Lipinski definition) is 2. The van der Waals surface area contributed by atoms with Crippen molar-refractivity contribution >= 4 is 16.0 Å². The van der Waals surface area contributed by atoms with Crippen LogP contribution in [-0.2, 0) is 10.1 Å². The molecular formula is C7H10N2O5S. The van der Waals surface area contributed by atoms with Crippen LogP contribution in [0, 0.1) is 5.21 Å². The lowest BCUT2D eigenvalue weighted by Gasteiger charge is -1.94. The zero-order valence-corrected chi connectivity index (χ0v) is 8.64. The molecule has 15 heavy (non-hydrogen) atoms. The van der Waals surface area contributed by atoms with Crippen LogP contribution >= 0.6 is 0 Å². The van der Waals surface area contributed by atoms with Gasteiger partial charge in [0.05, 0.1) is 6.26 Å². The highest BCUT2D eigenvalue weighted by atomic mass is 32.2. The molecule has 0 aliphatic carbocycles. The first-order valence-electron chi connectivity index (χ1n) is 3.61. The number of hydrogen-bond acceptors (Lipinski definition) is 4. The molecule has 0 spiro atoms. The number of nitrogens with zero attached hydrogens (tertiary/aromatic N) is 1. The third-order valence-electron chi connectivity index (χ3n) is 1.06. The molecule has 1 heterocycles. The summed E-state index contributed by atoms with van der Waals surface area (Å²) in [6.07, 6.45) is 3.13. The van der Waals surface area contributed by atoms with Crippen LogP contribution < -0.4 is 10.5 Å². The molecule has 0 aromatic carbocycles. The minimum absolute atomic E-state index is 0.220. The van der Waals surface area contributed by atoms with Gasteiger partial charge in [-0.1, -0.05) is 0 Å². The first-order chi connectivity index (χ1) is 6.70. The molecule has 0 unspecified atom stereocenters. The van der Waals surface area contributed by atoms with Gasteiger partial charge in [0.2, 0.25) is 0 Å².